The molecule has 4 heteroatoms. The van der Waals surface area contributed by atoms with Crippen LogP contribution in [0.15, 0.2) is 0 Å². The Hall–Kier alpha value is -0.610. The second-order valence-corrected chi connectivity index (χ2v) is 7.79. The standard InChI is InChI=1S/C24H48O4/c1-3-5-7-8-9-10-11-12-13-14-15-16-21-28-24(25)18-17-20-27-23-22-26-19-6-4-2/h3-23H2,1-2H3. The predicted octanol–water partition coefficient (Wildman–Crippen LogP) is 6.84. The Balaban J connectivity index is 3.13. The summed E-state index contributed by atoms with van der Waals surface area (Å²) in [7, 11) is 0. The van der Waals surface area contributed by atoms with E-state index in [0.29, 0.717) is 32.8 Å². The number of ether oxygens (including phenoxy) is 3. The molecule has 0 fully saturated rings. The Morgan fingerprint density at radius 1 is 0.500 bits per heavy atom. The van der Waals surface area contributed by atoms with Crippen molar-refractivity contribution in [2.45, 2.75) is 117 Å². The molecule has 0 radical (unpaired) electrons. The fraction of sp³-hybridized carbons (Fsp3) is 0.958. The number of unbranched alkanes of at least 4 members (excludes halogenated alkanes) is 12. The monoisotopic (exact) mass is 400 g/mol. The molecule has 0 atom stereocenters. The van der Waals surface area contributed by atoms with Crippen LogP contribution in [0, 0.1) is 0 Å². The van der Waals surface area contributed by atoms with Crippen molar-refractivity contribution in [2.75, 3.05) is 33.0 Å². The summed E-state index contributed by atoms with van der Waals surface area (Å²) in [5.74, 6) is -0.0918. The van der Waals surface area contributed by atoms with Gasteiger partial charge in [-0.3, -0.25) is 4.79 Å². The zero-order chi connectivity index (χ0) is 20.5. The van der Waals surface area contributed by atoms with Crippen LogP contribution in [-0.2, 0) is 19.0 Å². The highest BCUT2D eigenvalue weighted by Crippen LogP contribution is 2.12. The van der Waals surface area contributed by atoms with E-state index in [1.54, 1.807) is 0 Å². The lowest BCUT2D eigenvalue weighted by Gasteiger charge is -2.06. The maximum absolute atomic E-state index is 11.6. The lowest BCUT2D eigenvalue weighted by molar-refractivity contribution is -0.144. The van der Waals surface area contributed by atoms with Gasteiger partial charge in [-0.25, -0.2) is 0 Å². The van der Waals surface area contributed by atoms with Crippen LogP contribution < -0.4 is 0 Å². The van der Waals surface area contributed by atoms with Crippen molar-refractivity contribution in [3.05, 3.63) is 0 Å². The van der Waals surface area contributed by atoms with Crippen LogP contribution in [-0.4, -0.2) is 39.0 Å². The topological polar surface area (TPSA) is 44.8 Å². The first-order valence-corrected chi connectivity index (χ1v) is 12.1. The summed E-state index contributed by atoms with van der Waals surface area (Å²) in [5.41, 5.74) is 0. The average molecular weight is 401 g/mol. The van der Waals surface area contributed by atoms with Gasteiger partial charge in [0.2, 0.25) is 0 Å². The van der Waals surface area contributed by atoms with Crippen LogP contribution in [0.3, 0.4) is 0 Å². The molecular weight excluding hydrogens is 352 g/mol. The molecule has 0 heterocycles. The van der Waals surface area contributed by atoms with E-state index in [1.165, 1.54) is 70.6 Å². The van der Waals surface area contributed by atoms with Crippen molar-refractivity contribution in [2.24, 2.45) is 0 Å². The third-order valence-corrected chi connectivity index (χ3v) is 4.94. The van der Waals surface area contributed by atoms with Crippen molar-refractivity contribution in [3.8, 4) is 0 Å². The van der Waals surface area contributed by atoms with E-state index in [9.17, 15) is 4.79 Å². The van der Waals surface area contributed by atoms with E-state index in [0.717, 1.165) is 32.3 Å². The van der Waals surface area contributed by atoms with Crippen LogP contribution >= 0.6 is 0 Å². The van der Waals surface area contributed by atoms with E-state index in [-0.39, 0.29) is 5.97 Å². The smallest absolute Gasteiger partial charge is 0.305 e. The molecule has 0 spiro atoms. The van der Waals surface area contributed by atoms with E-state index in [2.05, 4.69) is 13.8 Å². The Labute approximate surface area is 175 Å². The lowest BCUT2D eigenvalue weighted by Crippen LogP contribution is -2.09. The zero-order valence-electron chi connectivity index (χ0n) is 19.0. The highest BCUT2D eigenvalue weighted by atomic mass is 16.5. The third kappa shape index (κ3) is 23.4. The van der Waals surface area contributed by atoms with Crippen LogP contribution in [0.4, 0.5) is 0 Å². The number of rotatable bonds is 23. The Kier molecular flexibility index (Phi) is 23.9. The van der Waals surface area contributed by atoms with Crippen LogP contribution in [0.25, 0.3) is 0 Å². The molecular formula is C24H48O4. The van der Waals surface area contributed by atoms with Gasteiger partial charge in [-0.2, -0.15) is 0 Å². The van der Waals surface area contributed by atoms with E-state index < -0.39 is 0 Å². The molecule has 0 aliphatic rings. The van der Waals surface area contributed by atoms with E-state index in [4.69, 9.17) is 14.2 Å². The highest BCUT2D eigenvalue weighted by Gasteiger charge is 2.02. The molecule has 0 aromatic carbocycles. The minimum atomic E-state index is -0.0918. The summed E-state index contributed by atoms with van der Waals surface area (Å²) in [5, 5.41) is 0. The van der Waals surface area contributed by atoms with Crippen molar-refractivity contribution in [1.82, 2.24) is 0 Å². The fourth-order valence-corrected chi connectivity index (χ4v) is 3.09. The number of hydrogen-bond donors (Lipinski definition) is 0. The summed E-state index contributed by atoms with van der Waals surface area (Å²) in [6, 6.07) is 0. The third-order valence-electron chi connectivity index (χ3n) is 4.94. The highest BCUT2D eigenvalue weighted by molar-refractivity contribution is 5.69. The van der Waals surface area contributed by atoms with Crippen LogP contribution in [0.5, 0.6) is 0 Å². The van der Waals surface area contributed by atoms with Gasteiger partial charge in [0.15, 0.2) is 0 Å². The van der Waals surface area contributed by atoms with Gasteiger partial charge in [0.1, 0.15) is 0 Å². The van der Waals surface area contributed by atoms with Gasteiger partial charge in [0.25, 0.3) is 0 Å². The summed E-state index contributed by atoms with van der Waals surface area (Å²) >= 11 is 0. The van der Waals surface area contributed by atoms with E-state index in [1.807, 2.05) is 0 Å². The van der Waals surface area contributed by atoms with Gasteiger partial charge in [-0.05, 0) is 19.3 Å². The summed E-state index contributed by atoms with van der Waals surface area (Å²) in [6.07, 6.45) is 19.3. The normalized spacial score (nSPS) is 11.1. The quantitative estimate of drug-likeness (QED) is 0.139. The maximum Gasteiger partial charge on any atom is 0.305 e. The van der Waals surface area contributed by atoms with Gasteiger partial charge in [-0.15, -0.1) is 0 Å². The second-order valence-electron chi connectivity index (χ2n) is 7.79. The molecule has 0 saturated carbocycles. The largest absolute Gasteiger partial charge is 0.466 e. The molecule has 168 valence electrons. The van der Waals surface area contributed by atoms with E-state index >= 15 is 0 Å². The molecule has 0 N–H and O–H groups in total. The summed E-state index contributed by atoms with van der Waals surface area (Å²) in [6.45, 7) is 7.65. The van der Waals surface area contributed by atoms with Gasteiger partial charge in [0.05, 0.1) is 19.8 Å². The lowest BCUT2D eigenvalue weighted by atomic mass is 10.1. The first-order valence-electron chi connectivity index (χ1n) is 12.1. The van der Waals surface area contributed by atoms with Crippen molar-refractivity contribution in [1.29, 1.82) is 0 Å². The first kappa shape index (κ1) is 27.4. The molecule has 0 aliphatic heterocycles. The molecule has 0 aromatic heterocycles. The molecule has 0 rings (SSSR count). The Morgan fingerprint density at radius 2 is 0.964 bits per heavy atom. The van der Waals surface area contributed by atoms with Crippen LogP contribution in [0.2, 0.25) is 0 Å². The first-order chi connectivity index (χ1) is 13.8. The average Bonchev–Trinajstić information content (AvgIpc) is 2.70. The molecule has 0 amide bonds. The molecule has 28 heavy (non-hydrogen) atoms. The molecule has 0 unspecified atom stereocenters. The van der Waals surface area contributed by atoms with Gasteiger partial charge in [-0.1, -0.05) is 90.9 Å². The fourth-order valence-electron chi connectivity index (χ4n) is 3.09. The molecule has 0 aliphatic carbocycles. The molecule has 0 aromatic rings. The number of carbonyl (C=O) groups excluding carboxylic acids is 1. The Bertz CT molecular complexity index is 307. The second kappa shape index (κ2) is 24.4. The van der Waals surface area contributed by atoms with Crippen molar-refractivity contribution >= 4 is 5.97 Å². The van der Waals surface area contributed by atoms with Gasteiger partial charge in [0, 0.05) is 19.6 Å². The molecule has 0 saturated heterocycles. The predicted molar refractivity (Wildman–Crippen MR) is 118 cm³/mol. The minimum Gasteiger partial charge on any atom is -0.466 e. The number of carbonyl (C=O) groups is 1. The van der Waals surface area contributed by atoms with Crippen molar-refractivity contribution in [3.63, 3.8) is 0 Å². The number of esters is 1. The minimum absolute atomic E-state index is 0.0918. The number of hydrogen-bond acceptors (Lipinski definition) is 4. The SMILES string of the molecule is CCCCCCCCCCCCCCOC(=O)CCCOCCOCCCC. The van der Waals surface area contributed by atoms with Gasteiger partial charge >= 0.3 is 5.97 Å². The zero-order valence-corrected chi connectivity index (χ0v) is 19.0. The summed E-state index contributed by atoms with van der Waals surface area (Å²) in [4.78, 5) is 11.6. The maximum atomic E-state index is 11.6. The molecule has 0 bridgehead atoms. The molecule has 4 nitrogen and oxygen atoms in total. The summed E-state index contributed by atoms with van der Waals surface area (Å²) < 4.78 is 16.2. The van der Waals surface area contributed by atoms with Crippen molar-refractivity contribution < 1.29 is 19.0 Å². The Morgan fingerprint density at radius 3 is 1.50 bits per heavy atom. The van der Waals surface area contributed by atoms with Crippen LogP contribution in [0.1, 0.15) is 117 Å². The van der Waals surface area contributed by atoms with Gasteiger partial charge < -0.3 is 14.2 Å².